The summed E-state index contributed by atoms with van der Waals surface area (Å²) in [5.41, 5.74) is 9.20. The second-order valence-electron chi connectivity index (χ2n) is 7.18. The summed E-state index contributed by atoms with van der Waals surface area (Å²) >= 11 is 0. The highest BCUT2D eigenvalue weighted by Crippen LogP contribution is 2.25. The molecule has 1 heterocycles. The Labute approximate surface area is 177 Å². The van der Waals surface area contributed by atoms with Gasteiger partial charge in [0.15, 0.2) is 18.1 Å². The molecule has 0 aliphatic carbocycles. The lowest BCUT2D eigenvalue weighted by Gasteiger charge is -2.13. The first-order chi connectivity index (χ1) is 14.4. The van der Waals surface area contributed by atoms with Crippen LogP contribution < -0.4 is 14.9 Å². The minimum atomic E-state index is -0.347. The first kappa shape index (κ1) is 21.2. The highest BCUT2D eigenvalue weighted by atomic mass is 16.5. The summed E-state index contributed by atoms with van der Waals surface area (Å²) < 4.78 is 12.9. The molecule has 0 atom stereocenters. The van der Waals surface area contributed by atoms with Crippen LogP contribution in [0, 0.1) is 27.7 Å². The number of hydrogen-bond acceptors (Lipinski definition) is 4. The van der Waals surface area contributed by atoms with Gasteiger partial charge >= 0.3 is 0 Å². The largest absolute Gasteiger partial charge is 0.493 e. The molecule has 0 aliphatic rings. The highest BCUT2D eigenvalue weighted by molar-refractivity contribution is 5.84. The number of aromatic nitrogens is 1. The molecule has 1 N–H and O–H groups in total. The molecule has 0 bridgehead atoms. The standard InChI is InChI=1S/C24H27N3O3/c1-16-10-11-21(17(2)12-16)27-18(3)13-20(19(27)4)14-25-26-24(28)15-30-23-9-7-6-8-22(23)29-5/h6-14H,15H2,1-5H3,(H,26,28)/b25-14-. The summed E-state index contributed by atoms with van der Waals surface area (Å²) in [7, 11) is 1.56. The molecule has 0 radical (unpaired) electrons. The summed E-state index contributed by atoms with van der Waals surface area (Å²) in [5, 5.41) is 4.09. The van der Waals surface area contributed by atoms with Crippen molar-refractivity contribution in [1.82, 2.24) is 9.99 Å². The summed E-state index contributed by atoms with van der Waals surface area (Å²) in [4.78, 5) is 12.1. The van der Waals surface area contributed by atoms with Crippen molar-refractivity contribution in [3.63, 3.8) is 0 Å². The summed E-state index contributed by atoms with van der Waals surface area (Å²) in [6, 6.07) is 15.6. The molecule has 3 aromatic rings. The fourth-order valence-corrected chi connectivity index (χ4v) is 3.43. The second-order valence-corrected chi connectivity index (χ2v) is 7.18. The van der Waals surface area contributed by atoms with E-state index in [1.807, 2.05) is 19.1 Å². The molecule has 0 saturated heterocycles. The van der Waals surface area contributed by atoms with Gasteiger partial charge in [0.1, 0.15) is 0 Å². The van der Waals surface area contributed by atoms with Gasteiger partial charge in [-0.1, -0.05) is 29.8 Å². The van der Waals surface area contributed by atoms with E-state index in [2.05, 4.69) is 60.1 Å². The topological polar surface area (TPSA) is 64.8 Å². The van der Waals surface area contributed by atoms with Crippen molar-refractivity contribution in [2.45, 2.75) is 27.7 Å². The first-order valence-corrected chi connectivity index (χ1v) is 9.75. The number of amides is 1. The zero-order chi connectivity index (χ0) is 21.7. The van der Waals surface area contributed by atoms with E-state index in [-0.39, 0.29) is 12.5 Å². The van der Waals surface area contributed by atoms with Gasteiger partial charge in [-0.15, -0.1) is 0 Å². The molecule has 3 rings (SSSR count). The van der Waals surface area contributed by atoms with Crippen LogP contribution >= 0.6 is 0 Å². The molecular weight excluding hydrogens is 378 g/mol. The van der Waals surface area contributed by atoms with E-state index in [4.69, 9.17) is 9.47 Å². The molecule has 1 aromatic heterocycles. The maximum Gasteiger partial charge on any atom is 0.277 e. The predicted molar refractivity (Wildman–Crippen MR) is 119 cm³/mol. The van der Waals surface area contributed by atoms with Gasteiger partial charge in [-0.25, -0.2) is 5.43 Å². The molecule has 0 aliphatic heterocycles. The number of nitrogens with one attached hydrogen (secondary N) is 1. The van der Waals surface area contributed by atoms with E-state index < -0.39 is 0 Å². The smallest absolute Gasteiger partial charge is 0.277 e. The van der Waals surface area contributed by atoms with Crippen LogP contribution in [0.4, 0.5) is 0 Å². The number of para-hydroxylation sites is 2. The number of methoxy groups -OCH3 is 1. The number of aryl methyl sites for hydroxylation is 3. The lowest BCUT2D eigenvalue weighted by atomic mass is 10.1. The maximum absolute atomic E-state index is 12.1. The van der Waals surface area contributed by atoms with Crippen LogP contribution in [-0.2, 0) is 4.79 Å². The van der Waals surface area contributed by atoms with Crippen LogP contribution in [-0.4, -0.2) is 30.4 Å². The predicted octanol–water partition coefficient (Wildman–Crippen LogP) is 4.25. The van der Waals surface area contributed by atoms with Gasteiger partial charge < -0.3 is 14.0 Å². The average molecular weight is 405 g/mol. The van der Waals surface area contributed by atoms with E-state index >= 15 is 0 Å². The molecule has 2 aromatic carbocycles. The molecular formula is C24H27N3O3. The Balaban J connectivity index is 1.66. The maximum atomic E-state index is 12.1. The van der Waals surface area contributed by atoms with Gasteiger partial charge in [0.25, 0.3) is 5.91 Å². The van der Waals surface area contributed by atoms with Crippen molar-refractivity contribution < 1.29 is 14.3 Å². The van der Waals surface area contributed by atoms with Gasteiger partial charge in [0, 0.05) is 22.6 Å². The van der Waals surface area contributed by atoms with Gasteiger partial charge in [0.2, 0.25) is 0 Å². The van der Waals surface area contributed by atoms with E-state index in [1.54, 1.807) is 25.5 Å². The Morgan fingerprint density at radius 3 is 2.50 bits per heavy atom. The molecule has 6 nitrogen and oxygen atoms in total. The Kier molecular flexibility index (Phi) is 6.57. The third-order valence-electron chi connectivity index (χ3n) is 4.88. The van der Waals surface area contributed by atoms with E-state index in [0.717, 1.165) is 22.6 Å². The van der Waals surface area contributed by atoms with Crippen LogP contribution in [0.1, 0.15) is 28.1 Å². The number of carbonyl (C=O) groups excluding carboxylic acids is 1. The van der Waals surface area contributed by atoms with Gasteiger partial charge in [-0.05, 0) is 57.5 Å². The minimum absolute atomic E-state index is 0.153. The fraction of sp³-hybridized carbons (Fsp3) is 0.250. The molecule has 1 amide bonds. The quantitative estimate of drug-likeness (QED) is 0.472. The Morgan fingerprint density at radius 2 is 1.80 bits per heavy atom. The lowest BCUT2D eigenvalue weighted by Crippen LogP contribution is -2.24. The normalized spacial score (nSPS) is 11.0. The van der Waals surface area contributed by atoms with Crippen molar-refractivity contribution in [2.24, 2.45) is 5.10 Å². The molecule has 0 saturated carbocycles. The van der Waals surface area contributed by atoms with E-state index in [1.165, 1.54) is 11.1 Å². The zero-order valence-corrected chi connectivity index (χ0v) is 18.0. The Hall–Kier alpha value is -3.54. The van der Waals surface area contributed by atoms with Crippen LogP contribution in [0.5, 0.6) is 11.5 Å². The van der Waals surface area contributed by atoms with Crippen molar-refractivity contribution in [3.05, 3.63) is 76.6 Å². The van der Waals surface area contributed by atoms with Crippen molar-refractivity contribution >= 4 is 12.1 Å². The first-order valence-electron chi connectivity index (χ1n) is 9.75. The average Bonchev–Trinajstić information content (AvgIpc) is 3.00. The number of rotatable bonds is 7. The Morgan fingerprint density at radius 1 is 1.07 bits per heavy atom. The molecule has 0 unspecified atom stereocenters. The Bertz CT molecular complexity index is 1080. The molecule has 6 heteroatoms. The van der Waals surface area contributed by atoms with Crippen molar-refractivity contribution in [2.75, 3.05) is 13.7 Å². The summed E-state index contributed by atoms with van der Waals surface area (Å²) in [6.07, 6.45) is 1.66. The minimum Gasteiger partial charge on any atom is -0.493 e. The summed E-state index contributed by atoms with van der Waals surface area (Å²) in [6.45, 7) is 8.14. The van der Waals surface area contributed by atoms with Crippen molar-refractivity contribution in [1.29, 1.82) is 0 Å². The number of hydrazone groups is 1. The number of ether oxygens (including phenoxy) is 2. The third-order valence-corrected chi connectivity index (χ3v) is 4.88. The van der Waals surface area contributed by atoms with Crippen molar-refractivity contribution in [3.8, 4) is 17.2 Å². The van der Waals surface area contributed by atoms with E-state index in [9.17, 15) is 4.79 Å². The highest BCUT2D eigenvalue weighted by Gasteiger charge is 2.12. The van der Waals surface area contributed by atoms with Crippen LogP contribution in [0.25, 0.3) is 5.69 Å². The van der Waals surface area contributed by atoms with Gasteiger partial charge in [-0.2, -0.15) is 5.10 Å². The van der Waals surface area contributed by atoms with Crippen LogP contribution in [0.2, 0.25) is 0 Å². The second kappa shape index (κ2) is 9.31. The van der Waals surface area contributed by atoms with E-state index in [0.29, 0.717) is 11.5 Å². The third kappa shape index (κ3) is 4.71. The fourth-order valence-electron chi connectivity index (χ4n) is 3.43. The number of hydrogen-bond donors (Lipinski definition) is 1. The monoisotopic (exact) mass is 405 g/mol. The zero-order valence-electron chi connectivity index (χ0n) is 18.0. The van der Waals surface area contributed by atoms with Gasteiger partial charge in [0.05, 0.1) is 13.3 Å². The molecule has 30 heavy (non-hydrogen) atoms. The van der Waals surface area contributed by atoms with Gasteiger partial charge in [-0.3, -0.25) is 4.79 Å². The molecule has 0 spiro atoms. The number of nitrogens with zero attached hydrogens (tertiary/aromatic N) is 2. The molecule has 0 fully saturated rings. The SMILES string of the molecule is COc1ccccc1OCC(=O)N/N=C\c1cc(C)n(-c2ccc(C)cc2C)c1C. The van der Waals surface area contributed by atoms with Crippen LogP contribution in [0.15, 0.2) is 53.6 Å². The number of carbonyl (C=O) groups is 1. The lowest BCUT2D eigenvalue weighted by molar-refractivity contribution is -0.123. The summed E-state index contributed by atoms with van der Waals surface area (Å²) in [5.74, 6) is 0.740. The molecule has 156 valence electrons. The van der Waals surface area contributed by atoms with Crippen LogP contribution in [0.3, 0.4) is 0 Å². The number of benzene rings is 2.